The molecule has 2 N–H and O–H groups in total. The Morgan fingerprint density at radius 1 is 1.30 bits per heavy atom. The lowest BCUT2D eigenvalue weighted by molar-refractivity contribution is 0.122. The quantitative estimate of drug-likeness (QED) is 0.228. The molecule has 0 saturated carbocycles. The van der Waals surface area contributed by atoms with Crippen LogP contribution in [0.4, 0.5) is 22.0 Å². The van der Waals surface area contributed by atoms with Gasteiger partial charge in [-0.2, -0.15) is 0 Å². The molecule has 0 unspecified atom stereocenters. The third-order valence-corrected chi connectivity index (χ3v) is 7.97. The zero-order valence-electron chi connectivity index (χ0n) is 20.5. The topological polar surface area (TPSA) is 102 Å². The number of amides is 1. The summed E-state index contributed by atoms with van der Waals surface area (Å²) >= 11 is 9.53. The van der Waals surface area contributed by atoms with Gasteiger partial charge in [-0.1, -0.05) is 60.3 Å². The Kier molecular flexibility index (Phi) is 10.0. The number of rotatable bonds is 11. The van der Waals surface area contributed by atoms with Gasteiger partial charge >= 0.3 is 6.09 Å². The Morgan fingerprint density at radius 3 is 2.89 bits per heavy atom. The maximum atomic E-state index is 11.9. The minimum atomic E-state index is -0.588. The number of morpholine rings is 1. The van der Waals surface area contributed by atoms with Gasteiger partial charge in [0.1, 0.15) is 17.4 Å². The molecule has 9 nitrogen and oxygen atoms in total. The Labute approximate surface area is 229 Å². The second kappa shape index (κ2) is 13.6. The summed E-state index contributed by atoms with van der Waals surface area (Å²) in [5.74, 6) is 1.45. The van der Waals surface area contributed by atoms with Crippen molar-refractivity contribution in [1.82, 2.24) is 15.2 Å². The van der Waals surface area contributed by atoms with Crippen LogP contribution in [0.5, 0.6) is 0 Å². The Hall–Kier alpha value is -2.86. The molecule has 1 saturated heterocycles. The van der Waals surface area contributed by atoms with Crippen molar-refractivity contribution in [3.63, 3.8) is 0 Å². The van der Waals surface area contributed by atoms with E-state index < -0.39 is 6.09 Å². The number of ether oxygens (including phenoxy) is 2. The van der Waals surface area contributed by atoms with Gasteiger partial charge in [0.05, 0.1) is 29.6 Å². The second-order valence-corrected chi connectivity index (χ2v) is 10.8. The Balaban J connectivity index is 1.47. The van der Waals surface area contributed by atoms with Crippen LogP contribution in [-0.4, -0.2) is 54.2 Å². The fraction of sp³-hybridized carbons (Fsp3) is 0.360. The number of hydrogen-bond acceptors (Lipinski definition) is 10. The molecule has 0 atom stereocenters. The fourth-order valence-corrected chi connectivity index (χ4v) is 5.46. The second-order valence-electron chi connectivity index (χ2n) is 8.09. The lowest BCUT2D eigenvalue weighted by atomic mass is 10.2. The molecular formula is C25H29ClN6O3S2. The molecule has 1 fully saturated rings. The zero-order valence-corrected chi connectivity index (χ0v) is 22.9. The summed E-state index contributed by atoms with van der Waals surface area (Å²) in [7, 11) is 0. The molecule has 12 heteroatoms. The molecule has 0 aliphatic carbocycles. The van der Waals surface area contributed by atoms with E-state index in [0.29, 0.717) is 36.2 Å². The number of nitrogens with one attached hydrogen (secondary N) is 2. The van der Waals surface area contributed by atoms with Crippen molar-refractivity contribution in [3.05, 3.63) is 64.3 Å². The van der Waals surface area contributed by atoms with Gasteiger partial charge in [-0.05, 0) is 30.2 Å². The van der Waals surface area contributed by atoms with Crippen molar-refractivity contribution in [2.24, 2.45) is 0 Å². The molecule has 0 bridgehead atoms. The summed E-state index contributed by atoms with van der Waals surface area (Å²) in [6.07, 6.45) is 1.80. The van der Waals surface area contributed by atoms with Crippen molar-refractivity contribution in [2.75, 3.05) is 48.4 Å². The Morgan fingerprint density at radius 2 is 2.14 bits per heavy atom. The van der Waals surface area contributed by atoms with Crippen molar-refractivity contribution >= 4 is 58.0 Å². The highest BCUT2D eigenvalue weighted by Gasteiger charge is 2.15. The Bertz CT molecular complexity index is 1220. The number of aryl methyl sites for hydroxylation is 1. The largest absolute Gasteiger partial charge is 0.445 e. The summed E-state index contributed by atoms with van der Waals surface area (Å²) in [6.45, 7) is 9.31. The molecule has 1 aliphatic heterocycles. The van der Waals surface area contributed by atoms with E-state index >= 15 is 0 Å². The van der Waals surface area contributed by atoms with Crippen LogP contribution >= 0.6 is 34.7 Å². The summed E-state index contributed by atoms with van der Waals surface area (Å²) in [5.41, 5.74) is 3.46. The maximum absolute atomic E-state index is 11.9. The molecule has 0 radical (unpaired) electrons. The number of aromatic nitrogens is 3. The molecule has 37 heavy (non-hydrogen) atoms. The molecular weight excluding hydrogens is 532 g/mol. The van der Waals surface area contributed by atoms with Crippen LogP contribution in [0.2, 0.25) is 5.02 Å². The van der Waals surface area contributed by atoms with Gasteiger partial charge in [-0.15, -0.1) is 10.2 Å². The number of benzene rings is 1. The minimum Gasteiger partial charge on any atom is -0.445 e. The van der Waals surface area contributed by atoms with E-state index in [9.17, 15) is 4.79 Å². The number of hydrogen-bond donors (Lipinski definition) is 2. The lowest BCUT2D eigenvalue weighted by Gasteiger charge is -2.29. The summed E-state index contributed by atoms with van der Waals surface area (Å²) in [4.78, 5) is 19.1. The monoisotopic (exact) mass is 560 g/mol. The van der Waals surface area contributed by atoms with E-state index in [1.165, 1.54) is 6.08 Å². The van der Waals surface area contributed by atoms with E-state index in [4.69, 9.17) is 26.1 Å². The molecule has 4 rings (SSSR count). The first-order valence-corrected chi connectivity index (χ1v) is 14.1. The van der Waals surface area contributed by atoms with E-state index in [1.54, 1.807) is 29.2 Å². The predicted octanol–water partition coefficient (Wildman–Crippen LogP) is 5.62. The molecule has 196 valence electrons. The maximum Gasteiger partial charge on any atom is 0.411 e. The van der Waals surface area contributed by atoms with E-state index in [1.807, 2.05) is 12.1 Å². The average Bonchev–Trinajstić information content (AvgIpc) is 3.40. The third kappa shape index (κ3) is 8.06. The average molecular weight is 561 g/mol. The number of thioether (sulfide) groups is 1. The van der Waals surface area contributed by atoms with Gasteiger partial charge in [0.25, 0.3) is 0 Å². The zero-order chi connectivity index (χ0) is 26.0. The molecule has 2 aromatic heterocycles. The fourth-order valence-electron chi connectivity index (χ4n) is 3.57. The van der Waals surface area contributed by atoms with Crippen LogP contribution in [0.1, 0.15) is 23.2 Å². The molecule has 1 aliphatic rings. The first kappa shape index (κ1) is 27.2. The van der Waals surface area contributed by atoms with E-state index in [0.717, 1.165) is 51.6 Å². The number of carbonyl (C=O) groups is 1. The molecule has 1 aromatic carbocycles. The summed E-state index contributed by atoms with van der Waals surface area (Å²) in [5, 5.41) is 16.0. The number of carbonyl (C=O) groups excluding carboxylic acids is 1. The number of nitrogens with zero attached hydrogens (tertiary/aromatic N) is 4. The van der Waals surface area contributed by atoms with Crippen molar-refractivity contribution in [3.8, 4) is 0 Å². The van der Waals surface area contributed by atoms with Crippen LogP contribution in [0.25, 0.3) is 0 Å². The van der Waals surface area contributed by atoms with E-state index in [2.05, 4.69) is 51.4 Å². The van der Waals surface area contributed by atoms with Gasteiger partial charge in [0.2, 0.25) is 0 Å². The SMILES string of the molecule is C=CCOC(=O)Nc1cc(CNc2cc(N3CCOCC3)cc(CSc3nnc(CC)s3)n2)ccc1Cl. The minimum absolute atomic E-state index is 0.120. The van der Waals surface area contributed by atoms with E-state index in [-0.39, 0.29) is 6.61 Å². The molecule has 1 amide bonds. The van der Waals surface area contributed by atoms with Gasteiger partial charge in [-0.25, -0.2) is 9.78 Å². The van der Waals surface area contributed by atoms with Gasteiger partial charge in [0, 0.05) is 37.1 Å². The van der Waals surface area contributed by atoms with Crippen LogP contribution in [0, 0.1) is 0 Å². The smallest absolute Gasteiger partial charge is 0.411 e. The highest BCUT2D eigenvalue weighted by Crippen LogP contribution is 2.29. The standard InChI is InChI=1S/C25H29ClN6O3S2/c1-3-9-35-24(33)29-21-12-17(5-6-20(21)26)15-27-22-14-19(32-7-10-34-11-8-32)13-18(28-22)16-36-25-31-30-23(4-2)37-25/h3,5-6,12-14H,1,4,7-11,15-16H2,2H3,(H,27,28)(H,29,33). The normalized spacial score (nSPS) is 13.3. The van der Waals surface area contributed by atoms with Crippen molar-refractivity contribution < 1.29 is 14.3 Å². The highest BCUT2D eigenvalue weighted by atomic mass is 35.5. The van der Waals surface area contributed by atoms with Crippen LogP contribution < -0.4 is 15.5 Å². The van der Waals surface area contributed by atoms with Crippen LogP contribution in [0.3, 0.4) is 0 Å². The number of pyridine rings is 1. The third-order valence-electron chi connectivity index (χ3n) is 5.41. The first-order chi connectivity index (χ1) is 18.0. The van der Waals surface area contributed by atoms with Crippen molar-refractivity contribution in [2.45, 2.75) is 30.0 Å². The molecule has 0 spiro atoms. The van der Waals surface area contributed by atoms with Gasteiger partial charge in [-0.3, -0.25) is 5.32 Å². The molecule has 3 heterocycles. The summed E-state index contributed by atoms with van der Waals surface area (Å²) < 4.78 is 11.5. The first-order valence-electron chi connectivity index (χ1n) is 11.9. The van der Waals surface area contributed by atoms with Gasteiger partial charge < -0.3 is 19.7 Å². The van der Waals surface area contributed by atoms with Crippen LogP contribution in [0.15, 0.2) is 47.3 Å². The van der Waals surface area contributed by atoms with Crippen molar-refractivity contribution in [1.29, 1.82) is 0 Å². The number of halogens is 1. The lowest BCUT2D eigenvalue weighted by Crippen LogP contribution is -2.36. The predicted molar refractivity (Wildman–Crippen MR) is 150 cm³/mol. The van der Waals surface area contributed by atoms with Crippen LogP contribution in [-0.2, 0) is 28.2 Å². The van der Waals surface area contributed by atoms with Gasteiger partial charge in [0.15, 0.2) is 4.34 Å². The molecule has 3 aromatic rings. The summed E-state index contributed by atoms with van der Waals surface area (Å²) in [6, 6.07) is 9.65. The number of anilines is 3. The highest BCUT2D eigenvalue weighted by molar-refractivity contribution is 8.00.